The molecule has 1 fully saturated rings. The fourth-order valence-corrected chi connectivity index (χ4v) is 3.28. The van der Waals surface area contributed by atoms with Gasteiger partial charge < -0.3 is 9.29 Å². The van der Waals surface area contributed by atoms with Gasteiger partial charge >= 0.3 is 0 Å². The number of rotatable bonds is 2. The fraction of sp³-hybridized carbons (Fsp3) is 0.500. The third kappa shape index (κ3) is 3.03. The van der Waals surface area contributed by atoms with Crippen molar-refractivity contribution in [3.05, 3.63) is 28.8 Å². The van der Waals surface area contributed by atoms with Gasteiger partial charge in [0.05, 0.1) is 11.0 Å². The van der Waals surface area contributed by atoms with Crippen molar-refractivity contribution in [3.8, 4) is 0 Å². The number of halogens is 1. The summed E-state index contributed by atoms with van der Waals surface area (Å²) in [5.74, 6) is 0.00572. The van der Waals surface area contributed by atoms with Crippen LogP contribution in [0.2, 0.25) is 5.02 Å². The maximum atomic E-state index is 11.3. The Bertz CT molecular complexity index is 541. The van der Waals surface area contributed by atoms with Gasteiger partial charge in [0, 0.05) is 11.6 Å². The van der Waals surface area contributed by atoms with Crippen LogP contribution in [0.4, 0.5) is 0 Å². The van der Waals surface area contributed by atoms with Gasteiger partial charge in [-0.05, 0) is 49.4 Å². The molecule has 2 unspecified atom stereocenters. The highest BCUT2D eigenvalue weighted by Gasteiger charge is 2.24. The molecule has 18 heavy (non-hydrogen) atoms. The van der Waals surface area contributed by atoms with Crippen LogP contribution in [0.25, 0.3) is 0 Å². The summed E-state index contributed by atoms with van der Waals surface area (Å²) >= 11 is 5.89. The lowest BCUT2D eigenvalue weighted by Crippen LogP contribution is -2.23. The second kappa shape index (κ2) is 5.17. The Kier molecular flexibility index (Phi) is 3.96. The first-order valence-corrected chi connectivity index (χ1v) is 7.53. The minimum atomic E-state index is -4.47. The molecule has 6 heteroatoms. The van der Waals surface area contributed by atoms with Crippen LogP contribution < -0.4 is 0 Å². The Labute approximate surface area is 112 Å². The third-order valence-electron chi connectivity index (χ3n) is 3.17. The van der Waals surface area contributed by atoms with Crippen LogP contribution in [-0.4, -0.2) is 25.7 Å². The first-order chi connectivity index (χ1) is 8.38. The molecule has 0 aromatic heterocycles. The van der Waals surface area contributed by atoms with Gasteiger partial charge in [-0.2, -0.15) is 0 Å². The van der Waals surface area contributed by atoms with E-state index in [1.807, 2.05) is 6.92 Å². The first kappa shape index (κ1) is 13.8. The smallest absolute Gasteiger partial charge is 0.124 e. The lowest BCUT2D eigenvalue weighted by Gasteiger charge is -2.29. The summed E-state index contributed by atoms with van der Waals surface area (Å²) < 4.78 is 39.2. The number of hydrogen-bond donors (Lipinski definition) is 0. The molecule has 1 aliphatic heterocycles. The molecular formula is C12H14ClO4S-. The lowest BCUT2D eigenvalue weighted by atomic mass is 9.89. The van der Waals surface area contributed by atoms with E-state index in [-0.39, 0.29) is 16.9 Å². The second-order valence-corrected chi connectivity index (χ2v) is 6.32. The van der Waals surface area contributed by atoms with E-state index in [4.69, 9.17) is 16.3 Å². The molecule has 0 spiro atoms. The third-order valence-corrected chi connectivity index (χ3v) is 4.31. The second-order valence-electron chi connectivity index (χ2n) is 4.54. The molecule has 0 saturated carbocycles. The van der Waals surface area contributed by atoms with Crippen LogP contribution in [0.3, 0.4) is 0 Å². The molecule has 2 atom stereocenters. The van der Waals surface area contributed by atoms with Gasteiger partial charge in [-0.15, -0.1) is 0 Å². The predicted octanol–water partition coefficient (Wildman–Crippen LogP) is 2.53. The summed E-state index contributed by atoms with van der Waals surface area (Å²) in [5, 5.41) is 0.441. The molecule has 0 radical (unpaired) electrons. The van der Waals surface area contributed by atoms with Crippen LogP contribution in [0.15, 0.2) is 23.1 Å². The molecule has 1 aliphatic rings. The van der Waals surface area contributed by atoms with E-state index >= 15 is 0 Å². The molecule has 0 amide bonds. The van der Waals surface area contributed by atoms with E-state index in [1.54, 1.807) is 6.07 Å². The Morgan fingerprint density at radius 2 is 2.17 bits per heavy atom. The van der Waals surface area contributed by atoms with Crippen molar-refractivity contribution in [2.24, 2.45) is 0 Å². The minimum Gasteiger partial charge on any atom is -0.744 e. The molecule has 2 rings (SSSR count). The molecule has 1 aromatic rings. The SMILES string of the molecule is CC1CC(c2cc(Cl)ccc2S(=O)(=O)[O-])CCO1. The maximum Gasteiger partial charge on any atom is 0.124 e. The Balaban J connectivity index is 2.45. The van der Waals surface area contributed by atoms with Gasteiger partial charge in [0.25, 0.3) is 0 Å². The van der Waals surface area contributed by atoms with Crippen LogP contribution >= 0.6 is 11.6 Å². The zero-order chi connectivity index (χ0) is 13.3. The van der Waals surface area contributed by atoms with Gasteiger partial charge in [-0.3, -0.25) is 0 Å². The zero-order valence-corrected chi connectivity index (χ0v) is 11.5. The average molecular weight is 290 g/mol. The topological polar surface area (TPSA) is 66.4 Å². The highest BCUT2D eigenvalue weighted by atomic mass is 35.5. The number of hydrogen-bond acceptors (Lipinski definition) is 4. The normalized spacial score (nSPS) is 25.1. The molecule has 0 aliphatic carbocycles. The molecule has 100 valence electrons. The van der Waals surface area contributed by atoms with Gasteiger partial charge in [-0.25, -0.2) is 8.42 Å². The number of ether oxygens (including phenoxy) is 1. The van der Waals surface area contributed by atoms with Crippen molar-refractivity contribution in [3.63, 3.8) is 0 Å². The van der Waals surface area contributed by atoms with E-state index < -0.39 is 10.1 Å². The maximum absolute atomic E-state index is 11.3. The molecule has 1 heterocycles. The molecule has 4 nitrogen and oxygen atoms in total. The van der Waals surface area contributed by atoms with E-state index in [0.717, 1.165) is 0 Å². The van der Waals surface area contributed by atoms with Crippen molar-refractivity contribution >= 4 is 21.7 Å². The molecule has 0 N–H and O–H groups in total. The largest absolute Gasteiger partial charge is 0.744 e. The first-order valence-electron chi connectivity index (χ1n) is 5.75. The number of benzene rings is 1. The van der Waals surface area contributed by atoms with Crippen molar-refractivity contribution in [2.45, 2.75) is 36.7 Å². The van der Waals surface area contributed by atoms with E-state index in [1.165, 1.54) is 12.1 Å². The molecule has 1 aromatic carbocycles. The van der Waals surface area contributed by atoms with Gasteiger partial charge in [0.1, 0.15) is 10.1 Å². The Morgan fingerprint density at radius 3 is 2.78 bits per heavy atom. The fourth-order valence-electron chi connectivity index (χ4n) is 2.35. The zero-order valence-electron chi connectivity index (χ0n) is 9.93. The predicted molar refractivity (Wildman–Crippen MR) is 66.8 cm³/mol. The van der Waals surface area contributed by atoms with E-state index in [9.17, 15) is 13.0 Å². The van der Waals surface area contributed by atoms with E-state index in [2.05, 4.69) is 0 Å². The van der Waals surface area contributed by atoms with Gasteiger partial charge in [-0.1, -0.05) is 11.6 Å². The summed E-state index contributed by atoms with van der Waals surface area (Å²) in [6.07, 6.45) is 1.46. The average Bonchev–Trinajstić information content (AvgIpc) is 2.27. The van der Waals surface area contributed by atoms with Crippen molar-refractivity contribution in [1.29, 1.82) is 0 Å². The lowest BCUT2D eigenvalue weighted by molar-refractivity contribution is 0.0182. The van der Waals surface area contributed by atoms with Crippen LogP contribution in [-0.2, 0) is 14.9 Å². The highest BCUT2D eigenvalue weighted by Crippen LogP contribution is 2.35. The van der Waals surface area contributed by atoms with Gasteiger partial charge in [0.15, 0.2) is 0 Å². The van der Waals surface area contributed by atoms with Crippen molar-refractivity contribution < 1.29 is 17.7 Å². The van der Waals surface area contributed by atoms with Crippen LogP contribution in [0, 0.1) is 0 Å². The summed E-state index contributed by atoms with van der Waals surface area (Å²) in [6, 6.07) is 4.30. The van der Waals surface area contributed by atoms with Crippen molar-refractivity contribution in [1.82, 2.24) is 0 Å². The summed E-state index contributed by atoms with van der Waals surface area (Å²) in [7, 11) is -4.47. The summed E-state index contributed by atoms with van der Waals surface area (Å²) in [6.45, 7) is 2.50. The van der Waals surface area contributed by atoms with Crippen molar-refractivity contribution in [2.75, 3.05) is 6.61 Å². The minimum absolute atomic E-state index is 0.00572. The van der Waals surface area contributed by atoms with Crippen LogP contribution in [0.5, 0.6) is 0 Å². The Morgan fingerprint density at radius 1 is 1.44 bits per heavy atom. The molecular weight excluding hydrogens is 276 g/mol. The highest BCUT2D eigenvalue weighted by molar-refractivity contribution is 7.85. The standard InChI is InChI=1S/C12H15ClO4S/c1-8-6-9(4-5-17-8)11-7-10(13)2-3-12(11)18(14,15)16/h2-3,7-9H,4-6H2,1H3,(H,14,15,16)/p-1. The molecule has 1 saturated heterocycles. The summed E-state index contributed by atoms with van der Waals surface area (Å²) in [4.78, 5) is -0.161. The van der Waals surface area contributed by atoms with Gasteiger partial charge in [0.2, 0.25) is 0 Å². The quantitative estimate of drug-likeness (QED) is 0.785. The summed E-state index contributed by atoms with van der Waals surface area (Å²) in [5.41, 5.74) is 0.521. The molecule has 0 bridgehead atoms. The van der Waals surface area contributed by atoms with Crippen LogP contribution in [0.1, 0.15) is 31.2 Å². The van der Waals surface area contributed by atoms with E-state index in [0.29, 0.717) is 30.0 Å². The monoisotopic (exact) mass is 289 g/mol. The Hall–Kier alpha value is -0.620.